The molecule has 1 N–H and O–H groups in total. The number of aromatic nitrogens is 1. The van der Waals surface area contributed by atoms with Gasteiger partial charge in [0.2, 0.25) is 0 Å². The van der Waals surface area contributed by atoms with Gasteiger partial charge in [-0.05, 0) is 38.5 Å². The third-order valence-electron chi connectivity index (χ3n) is 4.09. The third kappa shape index (κ3) is 2.39. The number of nitrogens with zero attached hydrogens (tertiary/aromatic N) is 1. The van der Waals surface area contributed by atoms with E-state index in [4.69, 9.17) is 4.74 Å². The second-order valence-corrected chi connectivity index (χ2v) is 5.54. The maximum absolute atomic E-state index is 9.84. The van der Waals surface area contributed by atoms with Gasteiger partial charge in [-0.2, -0.15) is 0 Å². The fourth-order valence-electron chi connectivity index (χ4n) is 3.08. The molecule has 1 aromatic heterocycles. The maximum atomic E-state index is 9.84. The van der Waals surface area contributed by atoms with Gasteiger partial charge in [-0.3, -0.25) is 0 Å². The van der Waals surface area contributed by atoms with Crippen molar-refractivity contribution < 1.29 is 9.84 Å². The molecular formula is C17H21NO2. The van der Waals surface area contributed by atoms with E-state index in [2.05, 4.69) is 48.7 Å². The Balaban J connectivity index is 1.99. The molecule has 20 heavy (non-hydrogen) atoms. The summed E-state index contributed by atoms with van der Waals surface area (Å²) in [5.74, 6) is 0. The monoisotopic (exact) mass is 271 g/mol. The van der Waals surface area contributed by atoms with Crippen LogP contribution in [-0.2, 0) is 4.74 Å². The van der Waals surface area contributed by atoms with Crippen LogP contribution in [-0.4, -0.2) is 22.4 Å². The van der Waals surface area contributed by atoms with Crippen LogP contribution >= 0.6 is 0 Å². The predicted octanol–water partition coefficient (Wildman–Crippen LogP) is 3.31. The highest BCUT2D eigenvalue weighted by atomic mass is 16.5. The summed E-state index contributed by atoms with van der Waals surface area (Å²) in [5.41, 5.74) is 4.77. The summed E-state index contributed by atoms with van der Waals surface area (Å²) in [6.45, 7) is 4.88. The number of ether oxygens (including phenoxy) is 1. The number of hydrogen-bond acceptors (Lipinski definition) is 2. The molecule has 0 saturated carbocycles. The Labute approximate surface area is 119 Å². The van der Waals surface area contributed by atoms with E-state index in [9.17, 15) is 5.11 Å². The van der Waals surface area contributed by atoms with Crippen LogP contribution in [0.15, 0.2) is 36.4 Å². The van der Waals surface area contributed by atoms with E-state index in [0.29, 0.717) is 13.0 Å². The van der Waals surface area contributed by atoms with Crippen molar-refractivity contribution in [3.05, 3.63) is 53.3 Å². The minimum absolute atomic E-state index is 0.0161. The highest BCUT2D eigenvalue weighted by Crippen LogP contribution is 2.33. The van der Waals surface area contributed by atoms with Crippen molar-refractivity contribution in [3.63, 3.8) is 0 Å². The van der Waals surface area contributed by atoms with E-state index in [0.717, 1.165) is 6.42 Å². The molecular weight excluding hydrogens is 250 g/mol. The first kappa shape index (κ1) is 13.4. The van der Waals surface area contributed by atoms with Gasteiger partial charge in [0.25, 0.3) is 0 Å². The van der Waals surface area contributed by atoms with E-state index in [1.807, 2.05) is 6.07 Å². The van der Waals surface area contributed by atoms with Gasteiger partial charge in [0.05, 0.1) is 12.2 Å². The Bertz CT molecular complexity index is 589. The number of aliphatic hydroxyl groups excluding tert-OH is 1. The van der Waals surface area contributed by atoms with Gasteiger partial charge in [-0.25, -0.2) is 0 Å². The van der Waals surface area contributed by atoms with Gasteiger partial charge in [0, 0.05) is 35.7 Å². The molecule has 106 valence electrons. The van der Waals surface area contributed by atoms with Gasteiger partial charge < -0.3 is 14.4 Å². The molecule has 2 unspecified atom stereocenters. The topological polar surface area (TPSA) is 34.4 Å². The quantitative estimate of drug-likeness (QED) is 0.909. The van der Waals surface area contributed by atoms with E-state index in [1.165, 1.54) is 22.6 Å². The lowest BCUT2D eigenvalue weighted by molar-refractivity contribution is -0.0450. The fourth-order valence-corrected chi connectivity index (χ4v) is 3.08. The van der Waals surface area contributed by atoms with Crippen LogP contribution in [0.25, 0.3) is 5.69 Å². The van der Waals surface area contributed by atoms with Crippen molar-refractivity contribution in [1.82, 2.24) is 4.57 Å². The van der Waals surface area contributed by atoms with Crippen molar-refractivity contribution in [3.8, 4) is 5.69 Å². The molecule has 3 rings (SSSR count). The number of para-hydroxylation sites is 1. The van der Waals surface area contributed by atoms with Crippen LogP contribution in [0.2, 0.25) is 0 Å². The second kappa shape index (κ2) is 5.43. The lowest BCUT2D eigenvalue weighted by atomic mass is 9.99. The van der Waals surface area contributed by atoms with Crippen LogP contribution in [0, 0.1) is 13.8 Å². The molecule has 3 heteroatoms. The summed E-state index contributed by atoms with van der Waals surface area (Å²) >= 11 is 0. The lowest BCUT2D eigenvalue weighted by Gasteiger charge is -2.26. The first-order chi connectivity index (χ1) is 9.66. The van der Waals surface area contributed by atoms with Gasteiger partial charge in [0.15, 0.2) is 0 Å². The maximum Gasteiger partial charge on any atom is 0.0867 e. The highest BCUT2D eigenvalue weighted by molar-refractivity contribution is 5.41. The summed E-state index contributed by atoms with van der Waals surface area (Å²) < 4.78 is 8.10. The SMILES string of the molecule is Cc1cc(C2CC(O)CCO2)c(C)n1-c1ccccc1. The first-order valence-electron chi connectivity index (χ1n) is 7.20. The molecule has 0 aliphatic carbocycles. The number of aryl methyl sites for hydroxylation is 1. The van der Waals surface area contributed by atoms with Crippen LogP contribution in [0.4, 0.5) is 0 Å². The predicted molar refractivity (Wildman–Crippen MR) is 79.2 cm³/mol. The summed E-state index contributed by atoms with van der Waals surface area (Å²) in [6.07, 6.45) is 1.21. The zero-order valence-corrected chi connectivity index (χ0v) is 12.0. The average Bonchev–Trinajstić information content (AvgIpc) is 2.75. The summed E-state index contributed by atoms with van der Waals surface area (Å²) in [6, 6.07) is 12.5. The summed E-state index contributed by atoms with van der Waals surface area (Å²) in [4.78, 5) is 0. The van der Waals surface area contributed by atoms with Crippen molar-refractivity contribution in [1.29, 1.82) is 0 Å². The first-order valence-corrected chi connectivity index (χ1v) is 7.20. The van der Waals surface area contributed by atoms with Crippen LogP contribution < -0.4 is 0 Å². The van der Waals surface area contributed by atoms with Gasteiger partial charge in [-0.15, -0.1) is 0 Å². The highest BCUT2D eigenvalue weighted by Gasteiger charge is 2.25. The molecule has 1 saturated heterocycles. The van der Waals surface area contributed by atoms with Crippen LogP contribution in [0.3, 0.4) is 0 Å². The second-order valence-electron chi connectivity index (χ2n) is 5.54. The standard InChI is InChI=1S/C17H21NO2/c1-12-10-16(17-11-15(19)8-9-20-17)13(2)18(12)14-6-4-3-5-7-14/h3-7,10,15,17,19H,8-9,11H2,1-2H3. The zero-order chi connectivity index (χ0) is 14.1. The van der Waals surface area contributed by atoms with Crippen LogP contribution in [0.1, 0.15) is 35.9 Å². The molecule has 1 aliphatic heterocycles. The Morgan fingerprint density at radius 1 is 1.20 bits per heavy atom. The van der Waals surface area contributed by atoms with Gasteiger partial charge >= 0.3 is 0 Å². The van der Waals surface area contributed by atoms with Crippen molar-refractivity contribution in [2.75, 3.05) is 6.61 Å². The summed E-state index contributed by atoms with van der Waals surface area (Å²) in [5, 5.41) is 9.84. The molecule has 2 atom stereocenters. The molecule has 0 spiro atoms. The van der Waals surface area contributed by atoms with Gasteiger partial charge in [-0.1, -0.05) is 18.2 Å². The Morgan fingerprint density at radius 2 is 1.95 bits per heavy atom. The smallest absolute Gasteiger partial charge is 0.0867 e. The van der Waals surface area contributed by atoms with E-state index in [-0.39, 0.29) is 12.2 Å². The van der Waals surface area contributed by atoms with Crippen molar-refractivity contribution in [2.24, 2.45) is 0 Å². The zero-order valence-electron chi connectivity index (χ0n) is 12.0. The van der Waals surface area contributed by atoms with E-state index in [1.54, 1.807) is 0 Å². The third-order valence-corrected chi connectivity index (χ3v) is 4.09. The lowest BCUT2D eigenvalue weighted by Crippen LogP contribution is -2.23. The Hall–Kier alpha value is -1.58. The number of aliphatic hydroxyl groups is 1. The normalized spacial score (nSPS) is 22.9. The molecule has 2 heterocycles. The molecule has 0 amide bonds. The minimum atomic E-state index is -0.242. The average molecular weight is 271 g/mol. The Kier molecular flexibility index (Phi) is 3.64. The van der Waals surface area contributed by atoms with E-state index < -0.39 is 0 Å². The van der Waals surface area contributed by atoms with E-state index >= 15 is 0 Å². The minimum Gasteiger partial charge on any atom is -0.393 e. The molecule has 1 aromatic carbocycles. The number of benzene rings is 1. The molecule has 0 radical (unpaired) electrons. The molecule has 1 fully saturated rings. The largest absolute Gasteiger partial charge is 0.393 e. The number of hydrogen-bond donors (Lipinski definition) is 1. The number of rotatable bonds is 2. The van der Waals surface area contributed by atoms with Crippen molar-refractivity contribution >= 4 is 0 Å². The van der Waals surface area contributed by atoms with Crippen molar-refractivity contribution in [2.45, 2.75) is 38.9 Å². The molecule has 1 aliphatic rings. The molecule has 0 bridgehead atoms. The van der Waals surface area contributed by atoms with Gasteiger partial charge in [0.1, 0.15) is 0 Å². The molecule has 2 aromatic rings. The summed E-state index contributed by atoms with van der Waals surface area (Å²) in [7, 11) is 0. The molecule has 3 nitrogen and oxygen atoms in total. The van der Waals surface area contributed by atoms with Crippen LogP contribution in [0.5, 0.6) is 0 Å². The Morgan fingerprint density at radius 3 is 2.65 bits per heavy atom. The fraction of sp³-hybridized carbons (Fsp3) is 0.412.